The number of nitrogens with one attached hydrogen (secondary N) is 1. The highest BCUT2D eigenvalue weighted by Gasteiger charge is 2.43. The number of aryl methyl sites for hydroxylation is 1. The largest absolute Gasteiger partial charge is 0.462 e. The van der Waals surface area contributed by atoms with Gasteiger partial charge in [0.1, 0.15) is 10.8 Å². The molecule has 1 N–H and O–H groups in total. The Labute approximate surface area is 200 Å². The van der Waals surface area contributed by atoms with E-state index in [4.69, 9.17) is 4.74 Å². The molecule has 33 heavy (non-hydrogen) atoms. The Balaban J connectivity index is 1.22. The topological polar surface area (TPSA) is 86.1 Å². The molecule has 2 atom stereocenters. The van der Waals surface area contributed by atoms with Crippen LogP contribution in [0.25, 0.3) is 0 Å². The lowest BCUT2D eigenvalue weighted by Gasteiger charge is -2.08. The third kappa shape index (κ3) is 4.44. The van der Waals surface area contributed by atoms with E-state index in [2.05, 4.69) is 39.8 Å². The number of thioether (sulfide) groups is 1. The number of carbonyl (C=O) groups excluding carboxylic acids is 2. The number of nitrogens with zero attached hydrogens (tertiary/aromatic N) is 3. The average Bonchev–Trinajstić information content (AvgIpc) is 3.12. The molecule has 7 nitrogen and oxygen atoms in total. The Hall–Kier alpha value is -2.65. The molecule has 0 spiro atoms. The summed E-state index contributed by atoms with van der Waals surface area (Å²) < 4.78 is 7.24. The van der Waals surface area contributed by atoms with Crippen molar-refractivity contribution in [3.63, 3.8) is 0 Å². The minimum atomic E-state index is -0.352. The molecule has 1 saturated carbocycles. The Kier molecular flexibility index (Phi) is 6.25. The molecule has 2 aliphatic carbocycles. The fourth-order valence-corrected chi connectivity index (χ4v) is 6.54. The van der Waals surface area contributed by atoms with Gasteiger partial charge in [0, 0.05) is 17.8 Å². The van der Waals surface area contributed by atoms with Gasteiger partial charge in [-0.1, -0.05) is 42.1 Å². The Morgan fingerprint density at radius 2 is 2.03 bits per heavy atom. The van der Waals surface area contributed by atoms with Gasteiger partial charge in [-0.3, -0.25) is 4.79 Å². The molecule has 1 fully saturated rings. The van der Waals surface area contributed by atoms with E-state index in [1.54, 1.807) is 6.92 Å². The fraction of sp³-hybridized carbons (Fsp3) is 0.417. The molecule has 0 aliphatic heterocycles. The summed E-state index contributed by atoms with van der Waals surface area (Å²) in [6.45, 7) is 2.10. The number of amides is 1. The van der Waals surface area contributed by atoms with Gasteiger partial charge < -0.3 is 14.6 Å². The molecule has 0 bridgehead atoms. The van der Waals surface area contributed by atoms with Crippen molar-refractivity contribution in [2.45, 2.75) is 49.6 Å². The SMILES string of the molecule is CCOC(=O)c1c(NC(=O)CSc2nnc(C3CC3c3ccccc3)n2C)sc2c1CCC2. The lowest BCUT2D eigenvalue weighted by Crippen LogP contribution is -2.17. The number of thiophene rings is 1. The Morgan fingerprint density at radius 3 is 2.82 bits per heavy atom. The molecule has 0 radical (unpaired) electrons. The summed E-state index contributed by atoms with van der Waals surface area (Å²) in [4.78, 5) is 26.4. The van der Waals surface area contributed by atoms with Gasteiger partial charge in [0.05, 0.1) is 17.9 Å². The molecule has 0 saturated heterocycles. The van der Waals surface area contributed by atoms with Crippen molar-refractivity contribution in [3.8, 4) is 0 Å². The number of carbonyl (C=O) groups is 2. The predicted octanol–water partition coefficient (Wildman–Crippen LogP) is 4.54. The smallest absolute Gasteiger partial charge is 0.341 e. The minimum absolute atomic E-state index is 0.163. The summed E-state index contributed by atoms with van der Waals surface area (Å²) in [5.41, 5.74) is 2.91. The van der Waals surface area contributed by atoms with Crippen molar-refractivity contribution in [2.75, 3.05) is 17.7 Å². The number of esters is 1. The maximum absolute atomic E-state index is 12.7. The minimum Gasteiger partial charge on any atom is -0.462 e. The van der Waals surface area contributed by atoms with Crippen molar-refractivity contribution in [1.82, 2.24) is 14.8 Å². The zero-order chi connectivity index (χ0) is 22.9. The maximum Gasteiger partial charge on any atom is 0.341 e. The summed E-state index contributed by atoms with van der Waals surface area (Å²) >= 11 is 2.85. The summed E-state index contributed by atoms with van der Waals surface area (Å²) in [6.07, 6.45) is 3.92. The van der Waals surface area contributed by atoms with Crippen molar-refractivity contribution >= 4 is 40.0 Å². The van der Waals surface area contributed by atoms with Gasteiger partial charge in [0.2, 0.25) is 5.91 Å². The van der Waals surface area contributed by atoms with Crippen LogP contribution in [0.15, 0.2) is 35.5 Å². The molecule has 5 rings (SSSR count). The first-order valence-electron chi connectivity index (χ1n) is 11.2. The lowest BCUT2D eigenvalue weighted by atomic mass is 10.1. The number of ether oxygens (including phenoxy) is 1. The third-order valence-corrected chi connectivity index (χ3v) is 8.43. The molecule has 2 unspecified atom stereocenters. The number of rotatable bonds is 8. The fourth-order valence-electron chi connectivity index (χ4n) is 4.53. The van der Waals surface area contributed by atoms with E-state index in [1.165, 1.54) is 33.5 Å². The van der Waals surface area contributed by atoms with Crippen molar-refractivity contribution in [1.29, 1.82) is 0 Å². The summed E-state index contributed by atoms with van der Waals surface area (Å²) in [7, 11) is 1.96. The molecule has 9 heteroatoms. The van der Waals surface area contributed by atoms with Crippen LogP contribution in [0.2, 0.25) is 0 Å². The first kappa shape index (κ1) is 22.2. The normalized spacial score (nSPS) is 18.7. The van der Waals surface area contributed by atoms with Crippen LogP contribution in [0, 0.1) is 0 Å². The number of benzene rings is 1. The van der Waals surface area contributed by atoms with Crippen LogP contribution < -0.4 is 5.32 Å². The van der Waals surface area contributed by atoms with Crippen LogP contribution in [0.1, 0.15) is 63.8 Å². The first-order valence-corrected chi connectivity index (χ1v) is 13.1. The highest BCUT2D eigenvalue weighted by molar-refractivity contribution is 7.99. The second kappa shape index (κ2) is 9.30. The van der Waals surface area contributed by atoms with E-state index < -0.39 is 0 Å². The molecule has 2 heterocycles. The lowest BCUT2D eigenvalue weighted by molar-refractivity contribution is -0.113. The second-order valence-corrected chi connectivity index (χ2v) is 10.4. The molecule has 2 aromatic heterocycles. The van der Waals surface area contributed by atoms with Gasteiger partial charge in [-0.25, -0.2) is 4.79 Å². The molecule has 1 aromatic carbocycles. The van der Waals surface area contributed by atoms with E-state index in [0.717, 1.165) is 42.2 Å². The van der Waals surface area contributed by atoms with Gasteiger partial charge >= 0.3 is 5.97 Å². The van der Waals surface area contributed by atoms with Crippen LogP contribution in [-0.2, 0) is 29.4 Å². The van der Waals surface area contributed by atoms with Gasteiger partial charge in [0.15, 0.2) is 5.16 Å². The quantitative estimate of drug-likeness (QED) is 0.375. The number of hydrogen-bond donors (Lipinski definition) is 1. The predicted molar refractivity (Wildman–Crippen MR) is 129 cm³/mol. The number of anilines is 1. The Morgan fingerprint density at radius 1 is 1.21 bits per heavy atom. The Bertz CT molecular complexity index is 1190. The van der Waals surface area contributed by atoms with E-state index >= 15 is 0 Å². The van der Waals surface area contributed by atoms with Crippen LogP contribution in [0.3, 0.4) is 0 Å². The molecular weight excluding hydrogens is 456 g/mol. The zero-order valence-electron chi connectivity index (χ0n) is 18.7. The zero-order valence-corrected chi connectivity index (χ0v) is 20.3. The van der Waals surface area contributed by atoms with Crippen LogP contribution in [0.4, 0.5) is 5.00 Å². The van der Waals surface area contributed by atoms with Crippen molar-refractivity contribution in [3.05, 3.63) is 57.7 Å². The molecule has 172 valence electrons. The van der Waals surface area contributed by atoms with E-state index in [1.807, 2.05) is 17.7 Å². The first-order chi connectivity index (χ1) is 16.1. The van der Waals surface area contributed by atoms with Crippen LogP contribution in [-0.4, -0.2) is 39.0 Å². The third-order valence-electron chi connectivity index (χ3n) is 6.20. The monoisotopic (exact) mass is 482 g/mol. The highest BCUT2D eigenvalue weighted by Crippen LogP contribution is 2.54. The van der Waals surface area contributed by atoms with Gasteiger partial charge in [0.25, 0.3) is 0 Å². The average molecular weight is 483 g/mol. The van der Waals surface area contributed by atoms with Crippen LogP contribution >= 0.6 is 23.1 Å². The van der Waals surface area contributed by atoms with Crippen molar-refractivity contribution in [2.24, 2.45) is 7.05 Å². The molecule has 2 aliphatic rings. The number of hydrogen-bond acceptors (Lipinski definition) is 7. The van der Waals surface area contributed by atoms with E-state index in [0.29, 0.717) is 29.0 Å². The van der Waals surface area contributed by atoms with Crippen LogP contribution in [0.5, 0.6) is 0 Å². The summed E-state index contributed by atoms with van der Waals surface area (Å²) in [5.74, 6) is 1.50. The van der Waals surface area contributed by atoms with E-state index in [-0.39, 0.29) is 17.6 Å². The van der Waals surface area contributed by atoms with Gasteiger partial charge in [-0.05, 0) is 49.7 Å². The molecule has 1 amide bonds. The highest BCUT2D eigenvalue weighted by atomic mass is 32.2. The molecule has 3 aromatic rings. The summed E-state index contributed by atoms with van der Waals surface area (Å²) in [5, 5.41) is 13.0. The second-order valence-electron chi connectivity index (χ2n) is 8.38. The van der Waals surface area contributed by atoms with E-state index in [9.17, 15) is 9.59 Å². The summed E-state index contributed by atoms with van der Waals surface area (Å²) in [6, 6.07) is 10.5. The maximum atomic E-state index is 12.7. The molecular formula is C24H26N4O3S2. The van der Waals surface area contributed by atoms with Gasteiger partial charge in [-0.2, -0.15) is 0 Å². The van der Waals surface area contributed by atoms with Gasteiger partial charge in [-0.15, -0.1) is 21.5 Å². The number of aromatic nitrogens is 3. The van der Waals surface area contributed by atoms with Crippen molar-refractivity contribution < 1.29 is 14.3 Å². The number of fused-ring (bicyclic) bond motifs is 1. The standard InChI is InChI=1S/C24H26N4O3S2/c1-3-31-23(30)20-15-10-7-11-18(15)33-22(20)25-19(29)13-32-24-27-26-21(28(24)2)17-12-16(17)14-8-5-4-6-9-14/h4-6,8-9,16-17H,3,7,10-13H2,1-2H3,(H,25,29).